The molecule has 0 unspecified atom stereocenters. The van der Waals surface area contributed by atoms with Crippen LogP contribution in [0.25, 0.3) is 0 Å². The van der Waals surface area contributed by atoms with E-state index in [-0.39, 0.29) is 12.3 Å². The summed E-state index contributed by atoms with van der Waals surface area (Å²) in [6.45, 7) is 4.61. The Labute approximate surface area is 190 Å². The number of rotatable bonds is 9. The maximum Gasteiger partial charge on any atom is 0.329 e. The maximum absolute atomic E-state index is 12.0. The number of carbonyl (C=O) groups excluding carboxylic acids is 4. The summed E-state index contributed by atoms with van der Waals surface area (Å²) in [4.78, 5) is 47.3. The summed E-state index contributed by atoms with van der Waals surface area (Å²) in [7, 11) is 1.54. The Hall–Kier alpha value is -3.99. The van der Waals surface area contributed by atoms with Gasteiger partial charge in [0.2, 0.25) is 0 Å². The largest absolute Gasteiger partial charge is 0.458 e. The minimum absolute atomic E-state index is 0.0245. The predicted octanol–water partition coefficient (Wildman–Crippen LogP) is 0.754. The SMILES string of the molecule is COCCCNC(=O)C(=O)N/N=C/c1ccc(CNC(=O)C(=O)Nc2ccc(C)c(C)c2)o1. The van der Waals surface area contributed by atoms with Gasteiger partial charge in [0, 0.05) is 25.9 Å². The molecule has 33 heavy (non-hydrogen) atoms. The monoisotopic (exact) mass is 457 g/mol. The molecule has 0 aliphatic carbocycles. The quantitative estimate of drug-likeness (QED) is 0.189. The van der Waals surface area contributed by atoms with E-state index in [1.165, 1.54) is 6.21 Å². The standard InChI is InChI=1S/C22H27N5O6/c1-14-5-6-16(11-15(14)2)26-21(30)19(28)24-12-17-7-8-18(33-17)13-25-27-22(31)20(29)23-9-4-10-32-3/h5-8,11,13H,4,9-10,12H2,1-3H3,(H,23,29)(H,24,28)(H,26,30)(H,27,31)/b25-13+. The lowest BCUT2D eigenvalue weighted by atomic mass is 10.1. The highest BCUT2D eigenvalue weighted by Gasteiger charge is 2.15. The molecule has 0 bridgehead atoms. The maximum atomic E-state index is 12.0. The molecule has 2 rings (SSSR count). The highest BCUT2D eigenvalue weighted by atomic mass is 16.5. The molecule has 0 atom stereocenters. The summed E-state index contributed by atoms with van der Waals surface area (Å²) in [6, 6.07) is 8.48. The van der Waals surface area contributed by atoms with Crippen LogP contribution in [-0.4, -0.2) is 50.1 Å². The molecule has 0 fully saturated rings. The molecule has 0 radical (unpaired) electrons. The molecule has 0 saturated heterocycles. The fraction of sp³-hybridized carbons (Fsp3) is 0.318. The predicted molar refractivity (Wildman–Crippen MR) is 120 cm³/mol. The molecule has 1 aromatic carbocycles. The molecule has 0 spiro atoms. The van der Waals surface area contributed by atoms with Gasteiger partial charge in [-0.05, 0) is 55.7 Å². The van der Waals surface area contributed by atoms with Crippen LogP contribution in [0.4, 0.5) is 5.69 Å². The number of hydrogen-bond acceptors (Lipinski definition) is 7. The zero-order valence-electron chi connectivity index (χ0n) is 18.7. The van der Waals surface area contributed by atoms with E-state index in [1.807, 2.05) is 19.9 Å². The lowest BCUT2D eigenvalue weighted by Crippen LogP contribution is -2.38. The Morgan fingerprint density at radius 1 is 0.970 bits per heavy atom. The van der Waals surface area contributed by atoms with Crippen molar-refractivity contribution >= 4 is 35.5 Å². The summed E-state index contributed by atoms with van der Waals surface area (Å²) < 4.78 is 10.3. The van der Waals surface area contributed by atoms with Crippen molar-refractivity contribution in [1.29, 1.82) is 0 Å². The van der Waals surface area contributed by atoms with E-state index in [9.17, 15) is 19.2 Å². The smallest absolute Gasteiger partial charge is 0.329 e. The Morgan fingerprint density at radius 2 is 1.73 bits per heavy atom. The first kappa shape index (κ1) is 25.3. The lowest BCUT2D eigenvalue weighted by Gasteiger charge is -2.07. The average Bonchev–Trinajstić information content (AvgIpc) is 3.25. The van der Waals surface area contributed by atoms with Crippen molar-refractivity contribution < 1.29 is 28.3 Å². The molecule has 0 saturated carbocycles. The van der Waals surface area contributed by atoms with Crippen molar-refractivity contribution in [2.75, 3.05) is 25.6 Å². The number of hydrogen-bond donors (Lipinski definition) is 4. The molecule has 0 aliphatic heterocycles. The third-order valence-corrected chi connectivity index (χ3v) is 4.45. The fourth-order valence-electron chi connectivity index (χ4n) is 2.52. The summed E-state index contributed by atoms with van der Waals surface area (Å²) >= 11 is 0. The third-order valence-electron chi connectivity index (χ3n) is 4.45. The van der Waals surface area contributed by atoms with E-state index < -0.39 is 23.6 Å². The van der Waals surface area contributed by atoms with Crippen LogP contribution in [0.3, 0.4) is 0 Å². The number of aryl methyl sites for hydroxylation is 2. The van der Waals surface area contributed by atoms with Crippen LogP contribution in [0, 0.1) is 13.8 Å². The van der Waals surface area contributed by atoms with Gasteiger partial charge in [-0.2, -0.15) is 5.10 Å². The zero-order chi connectivity index (χ0) is 24.2. The molecule has 1 aromatic heterocycles. The Morgan fingerprint density at radius 3 is 2.45 bits per heavy atom. The first-order valence-corrected chi connectivity index (χ1v) is 10.2. The molecule has 0 aliphatic rings. The Kier molecular flexibility index (Phi) is 9.78. The summed E-state index contributed by atoms with van der Waals surface area (Å²) in [5, 5.41) is 11.1. The topological polar surface area (TPSA) is 151 Å². The van der Waals surface area contributed by atoms with E-state index in [2.05, 4.69) is 26.5 Å². The molecule has 176 valence electrons. The second kappa shape index (κ2) is 12.8. The van der Waals surface area contributed by atoms with Crippen LogP contribution in [0.15, 0.2) is 39.9 Å². The molecule has 4 N–H and O–H groups in total. The van der Waals surface area contributed by atoms with Crippen molar-refractivity contribution in [2.45, 2.75) is 26.8 Å². The lowest BCUT2D eigenvalue weighted by molar-refractivity contribution is -0.139. The van der Waals surface area contributed by atoms with E-state index in [0.29, 0.717) is 31.0 Å². The van der Waals surface area contributed by atoms with Crippen molar-refractivity contribution in [3.05, 3.63) is 53.0 Å². The summed E-state index contributed by atoms with van der Waals surface area (Å²) in [5.74, 6) is -2.70. The van der Waals surface area contributed by atoms with Gasteiger partial charge in [-0.15, -0.1) is 0 Å². The molecular weight excluding hydrogens is 430 g/mol. The number of benzene rings is 1. The average molecular weight is 457 g/mol. The second-order valence-electron chi connectivity index (χ2n) is 7.04. The van der Waals surface area contributed by atoms with Crippen LogP contribution in [0.1, 0.15) is 29.1 Å². The normalized spacial score (nSPS) is 10.6. The van der Waals surface area contributed by atoms with Crippen molar-refractivity contribution in [3.63, 3.8) is 0 Å². The minimum Gasteiger partial charge on any atom is -0.458 e. The molecule has 2 aromatic rings. The molecular formula is C22H27N5O6. The highest BCUT2D eigenvalue weighted by molar-refractivity contribution is 6.39. The molecule has 1 heterocycles. The second-order valence-corrected chi connectivity index (χ2v) is 7.04. The Bertz CT molecular complexity index is 1030. The van der Waals surface area contributed by atoms with Gasteiger partial charge in [0.1, 0.15) is 11.5 Å². The van der Waals surface area contributed by atoms with Crippen LogP contribution in [0.2, 0.25) is 0 Å². The van der Waals surface area contributed by atoms with Crippen LogP contribution in [-0.2, 0) is 30.5 Å². The van der Waals surface area contributed by atoms with Gasteiger partial charge in [0.25, 0.3) is 0 Å². The fourth-order valence-corrected chi connectivity index (χ4v) is 2.52. The third kappa shape index (κ3) is 8.57. The Balaban J connectivity index is 1.75. The van der Waals surface area contributed by atoms with Crippen LogP contribution in [0.5, 0.6) is 0 Å². The van der Waals surface area contributed by atoms with Gasteiger partial charge in [-0.25, -0.2) is 5.43 Å². The number of methoxy groups -OCH3 is 1. The van der Waals surface area contributed by atoms with Crippen LogP contribution >= 0.6 is 0 Å². The van der Waals surface area contributed by atoms with Crippen molar-refractivity contribution in [3.8, 4) is 0 Å². The first-order chi connectivity index (χ1) is 15.8. The van der Waals surface area contributed by atoms with Gasteiger partial charge in [0.05, 0.1) is 12.8 Å². The number of nitrogens with zero attached hydrogens (tertiary/aromatic N) is 1. The number of carbonyl (C=O) groups is 4. The van der Waals surface area contributed by atoms with Gasteiger partial charge in [-0.1, -0.05) is 6.07 Å². The number of amides is 4. The molecule has 4 amide bonds. The molecule has 11 heteroatoms. The summed E-state index contributed by atoms with van der Waals surface area (Å²) in [5.41, 5.74) is 4.69. The highest BCUT2D eigenvalue weighted by Crippen LogP contribution is 2.14. The van der Waals surface area contributed by atoms with E-state index in [1.54, 1.807) is 31.4 Å². The number of hydrazone groups is 1. The van der Waals surface area contributed by atoms with Gasteiger partial charge < -0.3 is 25.1 Å². The van der Waals surface area contributed by atoms with E-state index in [4.69, 9.17) is 9.15 Å². The number of ether oxygens (including phenoxy) is 1. The van der Waals surface area contributed by atoms with Crippen LogP contribution < -0.4 is 21.4 Å². The summed E-state index contributed by atoms with van der Waals surface area (Å²) in [6.07, 6.45) is 1.78. The van der Waals surface area contributed by atoms with Gasteiger partial charge >= 0.3 is 23.6 Å². The van der Waals surface area contributed by atoms with Gasteiger partial charge in [-0.3, -0.25) is 19.2 Å². The number of nitrogens with one attached hydrogen (secondary N) is 4. The molecule has 11 nitrogen and oxygen atoms in total. The van der Waals surface area contributed by atoms with Crippen molar-refractivity contribution in [2.24, 2.45) is 5.10 Å². The van der Waals surface area contributed by atoms with Gasteiger partial charge in [0.15, 0.2) is 0 Å². The number of furan rings is 1. The number of anilines is 1. The zero-order valence-corrected chi connectivity index (χ0v) is 18.7. The minimum atomic E-state index is -0.919. The van der Waals surface area contributed by atoms with Crippen molar-refractivity contribution in [1.82, 2.24) is 16.1 Å². The van der Waals surface area contributed by atoms with E-state index >= 15 is 0 Å². The van der Waals surface area contributed by atoms with E-state index in [0.717, 1.165) is 11.1 Å². The first-order valence-electron chi connectivity index (χ1n) is 10.2.